The smallest absolute Gasteiger partial charge is 0.238 e. The summed E-state index contributed by atoms with van der Waals surface area (Å²) in [7, 11) is 0. The molecular formula is C16H16F2N2OS. The predicted molar refractivity (Wildman–Crippen MR) is 82.9 cm³/mol. The van der Waals surface area contributed by atoms with Crippen LogP contribution in [0.5, 0.6) is 0 Å². The molecular weight excluding hydrogens is 306 g/mol. The third kappa shape index (κ3) is 3.18. The molecule has 1 aliphatic heterocycles. The molecule has 0 spiro atoms. The van der Waals surface area contributed by atoms with Crippen LogP contribution in [0.1, 0.15) is 23.8 Å². The summed E-state index contributed by atoms with van der Waals surface area (Å²) in [5.41, 5.74) is -0.376. The fraction of sp³-hybridized carbons (Fsp3) is 0.312. The zero-order valence-corrected chi connectivity index (χ0v) is 12.7. The van der Waals surface area contributed by atoms with Crippen LogP contribution in [0.15, 0.2) is 35.7 Å². The van der Waals surface area contributed by atoms with Crippen molar-refractivity contribution in [2.75, 3.05) is 18.4 Å². The second-order valence-electron chi connectivity index (χ2n) is 5.29. The summed E-state index contributed by atoms with van der Waals surface area (Å²) in [5, 5.41) is 4.36. The lowest BCUT2D eigenvalue weighted by atomic mass is 10.2. The molecule has 0 aliphatic carbocycles. The molecule has 3 nitrogen and oxygen atoms in total. The molecule has 0 unspecified atom stereocenters. The van der Waals surface area contributed by atoms with E-state index in [0.29, 0.717) is 0 Å². The first kappa shape index (κ1) is 15.1. The number of benzene rings is 1. The van der Waals surface area contributed by atoms with E-state index in [-0.39, 0.29) is 18.3 Å². The van der Waals surface area contributed by atoms with E-state index in [1.165, 1.54) is 10.9 Å². The van der Waals surface area contributed by atoms with Crippen molar-refractivity contribution in [1.29, 1.82) is 0 Å². The molecule has 1 saturated heterocycles. The summed E-state index contributed by atoms with van der Waals surface area (Å²) in [6, 6.07) is 7.80. The lowest BCUT2D eigenvalue weighted by molar-refractivity contribution is -0.117. The molecule has 1 N–H and O–H groups in total. The van der Waals surface area contributed by atoms with Gasteiger partial charge in [-0.2, -0.15) is 0 Å². The number of halogens is 2. The van der Waals surface area contributed by atoms with Crippen molar-refractivity contribution in [1.82, 2.24) is 4.90 Å². The van der Waals surface area contributed by atoms with Crippen LogP contribution < -0.4 is 5.32 Å². The first-order valence-electron chi connectivity index (χ1n) is 7.16. The average molecular weight is 322 g/mol. The van der Waals surface area contributed by atoms with Crippen molar-refractivity contribution >= 4 is 22.9 Å². The summed E-state index contributed by atoms with van der Waals surface area (Å²) in [6.45, 7) is 0.950. The average Bonchev–Trinajstić information content (AvgIpc) is 3.13. The van der Waals surface area contributed by atoms with E-state index in [1.54, 1.807) is 11.3 Å². The number of rotatable bonds is 4. The van der Waals surface area contributed by atoms with Gasteiger partial charge < -0.3 is 5.32 Å². The van der Waals surface area contributed by atoms with Crippen molar-refractivity contribution in [2.45, 2.75) is 18.9 Å². The first-order valence-corrected chi connectivity index (χ1v) is 8.04. The molecule has 1 aromatic carbocycles. The van der Waals surface area contributed by atoms with Crippen LogP contribution >= 0.6 is 11.3 Å². The van der Waals surface area contributed by atoms with Crippen molar-refractivity contribution in [3.63, 3.8) is 0 Å². The lowest BCUT2D eigenvalue weighted by Crippen LogP contribution is -2.33. The maximum Gasteiger partial charge on any atom is 0.238 e. The van der Waals surface area contributed by atoms with Crippen molar-refractivity contribution in [3.05, 3.63) is 52.2 Å². The van der Waals surface area contributed by atoms with Crippen molar-refractivity contribution < 1.29 is 13.6 Å². The molecule has 1 amide bonds. The number of nitrogens with zero attached hydrogens (tertiary/aromatic N) is 1. The van der Waals surface area contributed by atoms with Gasteiger partial charge in [-0.25, -0.2) is 8.78 Å². The normalized spacial score (nSPS) is 18.5. The Morgan fingerprint density at radius 3 is 2.73 bits per heavy atom. The molecule has 0 bridgehead atoms. The maximum atomic E-state index is 13.6. The van der Waals surface area contributed by atoms with E-state index in [2.05, 4.69) is 16.3 Å². The summed E-state index contributed by atoms with van der Waals surface area (Å²) >= 11 is 1.67. The number of anilines is 1. The minimum atomic E-state index is -0.760. The van der Waals surface area contributed by atoms with Crippen LogP contribution in [0, 0.1) is 11.6 Å². The van der Waals surface area contributed by atoms with E-state index in [1.807, 2.05) is 11.4 Å². The third-order valence-electron chi connectivity index (χ3n) is 3.81. The van der Waals surface area contributed by atoms with Gasteiger partial charge in [0.2, 0.25) is 5.91 Å². The number of likely N-dealkylation sites (tertiary alicyclic amines) is 1. The van der Waals surface area contributed by atoms with Crippen LogP contribution in [0.4, 0.5) is 14.5 Å². The minimum absolute atomic E-state index is 0.135. The number of hydrogen-bond acceptors (Lipinski definition) is 3. The summed E-state index contributed by atoms with van der Waals surface area (Å²) in [5.74, 6) is -1.92. The van der Waals surface area contributed by atoms with Gasteiger partial charge in [0.1, 0.15) is 17.3 Å². The highest BCUT2D eigenvalue weighted by Gasteiger charge is 2.28. The van der Waals surface area contributed by atoms with Crippen LogP contribution in [0.25, 0.3) is 0 Å². The van der Waals surface area contributed by atoms with Crippen molar-refractivity contribution in [2.24, 2.45) is 0 Å². The van der Waals surface area contributed by atoms with Gasteiger partial charge in [-0.1, -0.05) is 12.1 Å². The van der Waals surface area contributed by atoms with Crippen LogP contribution in [-0.4, -0.2) is 23.9 Å². The van der Waals surface area contributed by atoms with E-state index >= 15 is 0 Å². The highest BCUT2D eigenvalue weighted by molar-refractivity contribution is 7.10. The molecule has 6 heteroatoms. The Kier molecular flexibility index (Phi) is 4.49. The molecule has 2 aromatic rings. The molecule has 1 fully saturated rings. The Bertz CT molecular complexity index is 640. The third-order valence-corrected chi connectivity index (χ3v) is 4.78. The summed E-state index contributed by atoms with van der Waals surface area (Å²) in [4.78, 5) is 15.4. The Morgan fingerprint density at radius 1 is 1.27 bits per heavy atom. The van der Waals surface area contributed by atoms with E-state index < -0.39 is 17.5 Å². The number of amides is 1. The molecule has 1 aliphatic rings. The van der Waals surface area contributed by atoms with Gasteiger partial charge in [-0.3, -0.25) is 9.69 Å². The summed E-state index contributed by atoms with van der Waals surface area (Å²) < 4.78 is 27.1. The predicted octanol–water partition coefficient (Wildman–Crippen LogP) is 3.80. The second kappa shape index (κ2) is 6.54. The number of thiophene rings is 1. The van der Waals surface area contributed by atoms with Gasteiger partial charge >= 0.3 is 0 Å². The zero-order valence-electron chi connectivity index (χ0n) is 11.9. The Balaban J connectivity index is 1.67. The fourth-order valence-electron chi connectivity index (χ4n) is 2.80. The van der Waals surface area contributed by atoms with Gasteiger partial charge in [0.05, 0.1) is 6.54 Å². The lowest BCUT2D eigenvalue weighted by Gasteiger charge is -2.23. The Morgan fingerprint density at radius 2 is 2.05 bits per heavy atom. The SMILES string of the molecule is O=C(CN1CCC[C@@H]1c1cccs1)Nc1c(F)cccc1F. The highest BCUT2D eigenvalue weighted by Crippen LogP contribution is 2.34. The highest BCUT2D eigenvalue weighted by atomic mass is 32.1. The second-order valence-corrected chi connectivity index (χ2v) is 6.27. The van der Waals surface area contributed by atoms with Crippen LogP contribution in [0.3, 0.4) is 0 Å². The maximum absolute atomic E-state index is 13.6. The van der Waals surface area contributed by atoms with Gasteiger partial charge in [-0.15, -0.1) is 11.3 Å². The molecule has 0 saturated carbocycles. The number of carbonyl (C=O) groups excluding carboxylic acids is 1. The van der Waals surface area contributed by atoms with Crippen LogP contribution in [0.2, 0.25) is 0 Å². The molecule has 1 atom stereocenters. The standard InChI is InChI=1S/C16H16F2N2OS/c17-11-4-1-5-12(18)16(11)19-15(21)10-20-8-2-6-13(20)14-7-3-9-22-14/h1,3-5,7,9,13H,2,6,8,10H2,(H,19,21)/t13-/m1/s1. The van der Waals surface area contributed by atoms with E-state index in [4.69, 9.17) is 0 Å². The topological polar surface area (TPSA) is 32.3 Å². The first-order chi connectivity index (χ1) is 10.6. The van der Waals surface area contributed by atoms with E-state index in [9.17, 15) is 13.6 Å². The number of para-hydroxylation sites is 1. The molecule has 3 rings (SSSR count). The number of carbonyl (C=O) groups is 1. The van der Waals surface area contributed by atoms with Gasteiger partial charge in [0, 0.05) is 10.9 Å². The fourth-order valence-corrected chi connectivity index (χ4v) is 3.69. The molecule has 2 heterocycles. The number of nitrogens with one attached hydrogen (secondary N) is 1. The minimum Gasteiger partial charge on any atom is -0.320 e. The Labute approximate surface area is 131 Å². The molecule has 1 aromatic heterocycles. The van der Waals surface area contributed by atoms with Gasteiger partial charge in [0.15, 0.2) is 0 Å². The van der Waals surface area contributed by atoms with Crippen LogP contribution in [-0.2, 0) is 4.79 Å². The molecule has 0 radical (unpaired) electrons. The van der Waals surface area contributed by atoms with E-state index in [0.717, 1.165) is 31.5 Å². The summed E-state index contributed by atoms with van der Waals surface area (Å²) in [6.07, 6.45) is 2.02. The van der Waals surface area contributed by atoms with Crippen molar-refractivity contribution in [3.8, 4) is 0 Å². The van der Waals surface area contributed by atoms with Gasteiger partial charge in [-0.05, 0) is 43.0 Å². The number of hydrogen-bond donors (Lipinski definition) is 1. The molecule has 116 valence electrons. The van der Waals surface area contributed by atoms with Gasteiger partial charge in [0.25, 0.3) is 0 Å². The molecule has 22 heavy (non-hydrogen) atoms. The Hall–Kier alpha value is -1.79. The quantitative estimate of drug-likeness (QED) is 0.928. The zero-order chi connectivity index (χ0) is 15.5. The monoisotopic (exact) mass is 322 g/mol. The largest absolute Gasteiger partial charge is 0.320 e.